The number of hydrogen-bond donors (Lipinski definition) is 2. The second-order valence-corrected chi connectivity index (χ2v) is 11.8. The first kappa shape index (κ1) is 27.3. The molecule has 2 aliphatic rings. The molecule has 0 spiro atoms. The Hall–Kier alpha value is -3.83. The summed E-state index contributed by atoms with van der Waals surface area (Å²) >= 11 is 1.63. The van der Waals surface area contributed by atoms with E-state index < -0.39 is 0 Å². The van der Waals surface area contributed by atoms with Crippen molar-refractivity contribution in [3.63, 3.8) is 0 Å². The summed E-state index contributed by atoms with van der Waals surface area (Å²) in [6, 6.07) is 9.98. The van der Waals surface area contributed by atoms with Crippen LogP contribution in [0.25, 0.3) is 27.5 Å². The highest BCUT2D eigenvalue weighted by atomic mass is 32.1. The third kappa shape index (κ3) is 5.82. The first-order valence-electron chi connectivity index (χ1n) is 14.4. The molecule has 11 heteroatoms. The molecule has 1 saturated carbocycles. The fourth-order valence-corrected chi connectivity index (χ4v) is 5.99. The Balaban J connectivity index is 1.29. The molecule has 10 nitrogen and oxygen atoms in total. The molecule has 0 bridgehead atoms. The number of nitrogens with one attached hydrogen (secondary N) is 2. The van der Waals surface area contributed by atoms with E-state index in [0.717, 1.165) is 42.1 Å². The van der Waals surface area contributed by atoms with Gasteiger partial charge in [-0.15, -0.1) is 11.3 Å². The van der Waals surface area contributed by atoms with Crippen LogP contribution in [0, 0.1) is 5.92 Å². The lowest BCUT2D eigenvalue weighted by molar-refractivity contribution is -0.123. The van der Waals surface area contributed by atoms with Crippen molar-refractivity contribution in [1.82, 2.24) is 35.1 Å². The van der Waals surface area contributed by atoms with Crippen LogP contribution in [0.3, 0.4) is 0 Å². The van der Waals surface area contributed by atoms with E-state index in [1.807, 2.05) is 41.9 Å². The van der Waals surface area contributed by atoms with Gasteiger partial charge < -0.3 is 15.5 Å². The molecule has 2 N–H and O–H groups in total. The molecule has 214 valence electrons. The topological polar surface area (TPSA) is 108 Å². The summed E-state index contributed by atoms with van der Waals surface area (Å²) in [6.07, 6.45) is 5.62. The van der Waals surface area contributed by atoms with Gasteiger partial charge in [0.15, 0.2) is 5.65 Å². The second kappa shape index (κ2) is 11.6. The molecule has 6 rings (SSSR count). The average molecular weight is 573 g/mol. The lowest BCUT2D eigenvalue weighted by Gasteiger charge is -2.40. The van der Waals surface area contributed by atoms with E-state index in [0.29, 0.717) is 42.4 Å². The van der Waals surface area contributed by atoms with Crippen molar-refractivity contribution in [2.24, 2.45) is 5.92 Å². The van der Waals surface area contributed by atoms with E-state index >= 15 is 0 Å². The van der Waals surface area contributed by atoms with Gasteiger partial charge in [0.2, 0.25) is 5.91 Å². The van der Waals surface area contributed by atoms with Crippen LogP contribution in [0.1, 0.15) is 44.0 Å². The molecule has 0 radical (unpaired) electrons. The van der Waals surface area contributed by atoms with E-state index in [-0.39, 0.29) is 29.8 Å². The maximum absolute atomic E-state index is 13.4. The highest BCUT2D eigenvalue weighted by molar-refractivity contribution is 7.13. The summed E-state index contributed by atoms with van der Waals surface area (Å²) in [5, 5.41) is 12.8. The number of thiophene rings is 1. The summed E-state index contributed by atoms with van der Waals surface area (Å²) in [7, 11) is 0. The van der Waals surface area contributed by atoms with E-state index in [4.69, 9.17) is 9.97 Å². The number of anilines is 1. The normalized spacial score (nSPS) is 16.1. The monoisotopic (exact) mass is 572 g/mol. The van der Waals surface area contributed by atoms with Gasteiger partial charge in [0.1, 0.15) is 5.82 Å². The Morgan fingerprint density at radius 2 is 1.93 bits per heavy atom. The quantitative estimate of drug-likeness (QED) is 0.282. The van der Waals surface area contributed by atoms with E-state index in [2.05, 4.69) is 46.3 Å². The minimum atomic E-state index is -0.142. The highest BCUT2D eigenvalue weighted by Crippen LogP contribution is 2.31. The predicted molar refractivity (Wildman–Crippen MR) is 161 cm³/mol. The van der Waals surface area contributed by atoms with Crippen LogP contribution in [-0.2, 0) is 4.79 Å². The van der Waals surface area contributed by atoms with Crippen LogP contribution < -0.4 is 15.5 Å². The van der Waals surface area contributed by atoms with Crippen molar-refractivity contribution < 1.29 is 9.59 Å². The first-order valence-corrected chi connectivity index (χ1v) is 15.3. The van der Waals surface area contributed by atoms with Gasteiger partial charge in [0.25, 0.3) is 5.91 Å². The van der Waals surface area contributed by atoms with Crippen LogP contribution in [0.15, 0.2) is 48.1 Å². The van der Waals surface area contributed by atoms with Crippen LogP contribution in [0.5, 0.6) is 0 Å². The zero-order valence-electron chi connectivity index (χ0n) is 23.7. The smallest absolute Gasteiger partial charge is 0.251 e. The molecule has 1 unspecified atom stereocenters. The molecule has 5 heterocycles. The highest BCUT2D eigenvalue weighted by Gasteiger charge is 2.35. The van der Waals surface area contributed by atoms with Crippen molar-refractivity contribution in [3.8, 4) is 21.8 Å². The minimum absolute atomic E-state index is 0.0905. The van der Waals surface area contributed by atoms with Gasteiger partial charge in [-0.25, -0.2) is 14.5 Å². The van der Waals surface area contributed by atoms with Gasteiger partial charge in [-0.1, -0.05) is 19.9 Å². The zero-order valence-corrected chi connectivity index (χ0v) is 24.5. The minimum Gasteiger partial charge on any atom is -0.352 e. The summed E-state index contributed by atoms with van der Waals surface area (Å²) in [6.45, 7) is 10.1. The van der Waals surface area contributed by atoms with Gasteiger partial charge >= 0.3 is 0 Å². The maximum Gasteiger partial charge on any atom is 0.251 e. The number of carbonyl (C=O) groups is 2. The first-order chi connectivity index (χ1) is 19.9. The molecule has 41 heavy (non-hydrogen) atoms. The van der Waals surface area contributed by atoms with Gasteiger partial charge in [0.05, 0.1) is 34.1 Å². The van der Waals surface area contributed by atoms with Crippen molar-refractivity contribution in [3.05, 3.63) is 53.7 Å². The molecular weight excluding hydrogens is 536 g/mol. The molecule has 1 saturated heterocycles. The number of amides is 2. The van der Waals surface area contributed by atoms with Gasteiger partial charge in [-0.2, -0.15) is 5.10 Å². The molecule has 1 aliphatic carbocycles. The van der Waals surface area contributed by atoms with Gasteiger partial charge in [-0.05, 0) is 62.5 Å². The largest absolute Gasteiger partial charge is 0.352 e. The lowest BCUT2D eigenvalue weighted by atomic mass is 10.1. The maximum atomic E-state index is 13.4. The van der Waals surface area contributed by atoms with Crippen molar-refractivity contribution in [2.45, 2.75) is 45.7 Å². The van der Waals surface area contributed by atoms with Crippen molar-refractivity contribution in [2.75, 3.05) is 37.6 Å². The second-order valence-electron chi connectivity index (χ2n) is 10.9. The Bertz CT molecular complexity index is 1540. The average Bonchev–Trinajstić information content (AvgIpc) is 3.50. The fraction of sp³-hybridized carbons (Fsp3) is 0.433. The third-order valence-electron chi connectivity index (χ3n) is 7.99. The number of nitrogens with zero attached hydrogens (tertiary/aromatic N) is 6. The Morgan fingerprint density at radius 1 is 1.12 bits per heavy atom. The van der Waals surface area contributed by atoms with E-state index in [1.54, 1.807) is 22.0 Å². The van der Waals surface area contributed by atoms with Gasteiger partial charge in [0, 0.05) is 43.4 Å². The standard InChI is InChI=1S/C30H36N8O2S/c1-4-36(5-2)19(3)15-31-29(39)21-13-25(34-27(14-21)37-17-22(18-37)33-30(40)20-8-9-20)23-16-32-38-11-10-24(35-28(23)38)26-7-6-12-41-26/h6-7,10-14,16,19-20,22H,4-5,8-9,15,17-18H2,1-3H3,(H,31,39)(H,33,40). The van der Waals surface area contributed by atoms with Crippen LogP contribution in [0.4, 0.5) is 5.82 Å². The third-order valence-corrected chi connectivity index (χ3v) is 8.88. The van der Waals surface area contributed by atoms with Crippen LogP contribution in [-0.4, -0.2) is 81.1 Å². The lowest BCUT2D eigenvalue weighted by Crippen LogP contribution is -2.60. The number of fused-ring (bicyclic) bond motifs is 1. The molecule has 2 fully saturated rings. The van der Waals surface area contributed by atoms with E-state index in [1.165, 1.54) is 0 Å². The Kier molecular flexibility index (Phi) is 7.72. The summed E-state index contributed by atoms with van der Waals surface area (Å²) in [4.78, 5) is 41.1. The van der Waals surface area contributed by atoms with Crippen LogP contribution >= 0.6 is 11.3 Å². The number of rotatable bonds is 11. The molecule has 1 aliphatic heterocycles. The molecular formula is C30H36N8O2S. The number of pyridine rings is 1. The fourth-order valence-electron chi connectivity index (χ4n) is 5.30. The number of hydrogen-bond acceptors (Lipinski definition) is 8. The van der Waals surface area contributed by atoms with E-state index in [9.17, 15) is 9.59 Å². The van der Waals surface area contributed by atoms with Gasteiger partial charge in [-0.3, -0.25) is 14.5 Å². The number of likely N-dealkylation sites (N-methyl/N-ethyl adjacent to an activating group) is 1. The molecule has 2 amide bonds. The molecule has 4 aromatic heterocycles. The summed E-state index contributed by atoms with van der Waals surface area (Å²) in [5.74, 6) is 0.895. The number of carbonyl (C=O) groups excluding carboxylic acids is 2. The SMILES string of the molecule is CCN(CC)C(C)CNC(=O)c1cc(-c2cnn3ccc(-c4cccs4)nc23)nc(N2CC(NC(=O)C3CC3)C2)c1. The Labute approximate surface area is 243 Å². The van der Waals surface area contributed by atoms with Crippen molar-refractivity contribution in [1.29, 1.82) is 0 Å². The number of aromatic nitrogens is 4. The predicted octanol–water partition coefficient (Wildman–Crippen LogP) is 3.69. The molecule has 4 aromatic rings. The summed E-state index contributed by atoms with van der Waals surface area (Å²) in [5.41, 5.74) is 3.48. The van der Waals surface area contributed by atoms with Crippen molar-refractivity contribution >= 4 is 34.6 Å². The van der Waals surface area contributed by atoms with Crippen LogP contribution in [0.2, 0.25) is 0 Å². The Morgan fingerprint density at radius 3 is 2.63 bits per heavy atom. The molecule has 1 atom stereocenters. The zero-order chi connectivity index (χ0) is 28.5. The summed E-state index contributed by atoms with van der Waals surface area (Å²) < 4.78 is 1.74. The molecule has 0 aromatic carbocycles.